The highest BCUT2D eigenvalue weighted by atomic mass is 32.1. The molecule has 1 atom stereocenters. The summed E-state index contributed by atoms with van der Waals surface area (Å²) >= 11 is 1.10. The van der Waals surface area contributed by atoms with Crippen LogP contribution in [-0.2, 0) is 16.0 Å². The molecule has 132 valence electrons. The lowest BCUT2D eigenvalue weighted by atomic mass is 10.1. The fourth-order valence-corrected chi connectivity index (χ4v) is 3.10. The van der Waals surface area contributed by atoms with Crippen LogP contribution in [0.3, 0.4) is 0 Å². The van der Waals surface area contributed by atoms with Crippen molar-refractivity contribution in [3.05, 3.63) is 59.5 Å². The number of hydrogen-bond donors (Lipinski definition) is 3. The van der Waals surface area contributed by atoms with Crippen molar-refractivity contribution in [3.8, 4) is 11.3 Å². The molecule has 0 saturated carbocycles. The van der Waals surface area contributed by atoms with Crippen LogP contribution < -0.4 is 11.1 Å². The van der Waals surface area contributed by atoms with Gasteiger partial charge in [0.25, 0.3) is 11.8 Å². The number of amides is 2. The van der Waals surface area contributed by atoms with Crippen LogP contribution >= 0.6 is 11.5 Å². The van der Waals surface area contributed by atoms with Gasteiger partial charge in [-0.1, -0.05) is 6.07 Å². The number of carbonyl (C=O) groups excluding carboxylic acids is 3. The lowest BCUT2D eigenvalue weighted by Crippen LogP contribution is -2.47. The molecule has 3 aromatic rings. The Balaban J connectivity index is 1.83. The molecule has 4 N–H and O–H groups in total. The highest BCUT2D eigenvalue weighted by Crippen LogP contribution is 2.23. The maximum atomic E-state index is 12.7. The van der Waals surface area contributed by atoms with E-state index < -0.39 is 23.6 Å². The van der Waals surface area contributed by atoms with E-state index in [9.17, 15) is 14.4 Å². The number of aromatic nitrogens is 3. The van der Waals surface area contributed by atoms with Crippen LogP contribution in [0.2, 0.25) is 0 Å². The van der Waals surface area contributed by atoms with E-state index in [4.69, 9.17) is 5.73 Å². The molecule has 3 heterocycles. The Labute approximate surface area is 152 Å². The smallest absolute Gasteiger partial charge is 0.287 e. The van der Waals surface area contributed by atoms with E-state index in [2.05, 4.69) is 19.7 Å². The van der Waals surface area contributed by atoms with Gasteiger partial charge in [0, 0.05) is 35.5 Å². The van der Waals surface area contributed by atoms with Crippen molar-refractivity contribution >= 4 is 29.1 Å². The van der Waals surface area contributed by atoms with Crippen molar-refractivity contribution < 1.29 is 14.4 Å². The first-order valence-electron chi connectivity index (χ1n) is 7.69. The van der Waals surface area contributed by atoms with Gasteiger partial charge in [-0.05, 0) is 35.8 Å². The zero-order chi connectivity index (χ0) is 18.5. The van der Waals surface area contributed by atoms with Gasteiger partial charge in [0.05, 0.1) is 5.69 Å². The van der Waals surface area contributed by atoms with Gasteiger partial charge in [0.1, 0.15) is 6.04 Å². The van der Waals surface area contributed by atoms with Crippen molar-refractivity contribution in [3.63, 3.8) is 0 Å². The minimum atomic E-state index is -1.11. The van der Waals surface area contributed by atoms with Crippen LogP contribution in [0.4, 0.5) is 0 Å². The molecule has 0 bridgehead atoms. The van der Waals surface area contributed by atoms with E-state index in [0.717, 1.165) is 11.5 Å². The summed E-state index contributed by atoms with van der Waals surface area (Å²) in [6.07, 6.45) is 3.41. The summed E-state index contributed by atoms with van der Waals surface area (Å²) in [5.74, 6) is -2.55. The molecule has 0 saturated heterocycles. The number of H-pyrrole nitrogens is 1. The summed E-state index contributed by atoms with van der Waals surface area (Å²) in [6.45, 7) is 0. The topological polar surface area (TPSA) is 131 Å². The molecule has 9 heteroatoms. The number of hydrogen-bond acceptors (Lipinski definition) is 6. The number of nitrogens with two attached hydrogens (primary N) is 1. The number of aromatic amines is 1. The van der Waals surface area contributed by atoms with Gasteiger partial charge >= 0.3 is 0 Å². The van der Waals surface area contributed by atoms with E-state index in [-0.39, 0.29) is 12.1 Å². The number of rotatable bonds is 7. The minimum absolute atomic E-state index is 0.115. The lowest BCUT2D eigenvalue weighted by molar-refractivity contribution is -0.137. The molecule has 0 fully saturated rings. The van der Waals surface area contributed by atoms with Crippen LogP contribution in [0.15, 0.2) is 48.1 Å². The number of nitrogens with one attached hydrogen (secondary N) is 2. The quantitative estimate of drug-likeness (QED) is 0.533. The second kappa shape index (κ2) is 7.70. The SMILES string of the molecule is NC(=O)C(=O)C(Cc1ccc[nH]1)NC(=O)c1nscc1-c1ccccn1. The normalized spacial score (nSPS) is 11.7. The molecule has 3 aromatic heterocycles. The molecule has 0 aromatic carbocycles. The van der Waals surface area contributed by atoms with Gasteiger partial charge in [-0.3, -0.25) is 19.4 Å². The van der Waals surface area contributed by atoms with Crippen molar-refractivity contribution in [1.82, 2.24) is 19.7 Å². The second-order valence-electron chi connectivity index (χ2n) is 5.45. The average Bonchev–Trinajstić information content (AvgIpc) is 3.32. The van der Waals surface area contributed by atoms with Crippen LogP contribution in [-0.4, -0.2) is 38.0 Å². The van der Waals surface area contributed by atoms with Gasteiger partial charge in [-0.2, -0.15) is 4.37 Å². The molecule has 0 radical (unpaired) electrons. The highest BCUT2D eigenvalue weighted by Gasteiger charge is 2.28. The van der Waals surface area contributed by atoms with E-state index in [1.807, 2.05) is 0 Å². The standard InChI is InChI=1S/C17H15N5O3S/c18-16(24)15(23)13(8-10-4-3-7-19-10)21-17(25)14-11(9-26-22-14)12-5-1-2-6-20-12/h1-7,9,13,19H,8H2,(H2,18,24)(H,21,25). The fraction of sp³-hybridized carbons (Fsp3) is 0.118. The number of Topliss-reactive ketones (excluding diaryl/α,β-unsaturated/α-hetero) is 1. The minimum Gasteiger partial charge on any atom is -0.365 e. The van der Waals surface area contributed by atoms with Crippen LogP contribution in [0.5, 0.6) is 0 Å². The van der Waals surface area contributed by atoms with Gasteiger partial charge < -0.3 is 16.0 Å². The Kier molecular flexibility index (Phi) is 5.18. The Bertz CT molecular complexity index is 921. The van der Waals surface area contributed by atoms with Gasteiger partial charge in [0.2, 0.25) is 5.78 Å². The summed E-state index contributed by atoms with van der Waals surface area (Å²) in [7, 11) is 0. The summed E-state index contributed by atoms with van der Waals surface area (Å²) in [6, 6.07) is 7.73. The van der Waals surface area contributed by atoms with E-state index in [0.29, 0.717) is 17.0 Å². The van der Waals surface area contributed by atoms with Crippen molar-refractivity contribution in [2.75, 3.05) is 0 Å². The molecule has 26 heavy (non-hydrogen) atoms. The van der Waals surface area contributed by atoms with E-state index >= 15 is 0 Å². The monoisotopic (exact) mass is 369 g/mol. The Hall–Kier alpha value is -3.33. The molecular formula is C17H15N5O3S. The maximum Gasteiger partial charge on any atom is 0.287 e. The van der Waals surface area contributed by atoms with Crippen molar-refractivity contribution in [1.29, 1.82) is 0 Å². The second-order valence-corrected chi connectivity index (χ2v) is 6.07. The summed E-state index contributed by atoms with van der Waals surface area (Å²) < 4.78 is 4.10. The molecule has 3 rings (SSSR count). The largest absolute Gasteiger partial charge is 0.365 e. The number of ketones is 1. The predicted octanol–water partition coefficient (Wildman–Crippen LogP) is 0.929. The van der Waals surface area contributed by atoms with Crippen molar-refractivity contribution in [2.24, 2.45) is 5.73 Å². The summed E-state index contributed by atoms with van der Waals surface area (Å²) in [5, 5.41) is 4.26. The molecule has 2 amide bonds. The zero-order valence-corrected chi connectivity index (χ0v) is 14.3. The van der Waals surface area contributed by atoms with Crippen LogP contribution in [0.25, 0.3) is 11.3 Å². The third-order valence-electron chi connectivity index (χ3n) is 3.68. The average molecular weight is 369 g/mol. The number of primary amides is 1. The fourth-order valence-electron chi connectivity index (χ4n) is 2.43. The Morgan fingerprint density at radius 3 is 2.73 bits per heavy atom. The van der Waals surface area contributed by atoms with Gasteiger partial charge in [0.15, 0.2) is 5.69 Å². The summed E-state index contributed by atoms with van der Waals surface area (Å²) in [5.41, 5.74) is 7.08. The highest BCUT2D eigenvalue weighted by molar-refractivity contribution is 7.04. The first kappa shape index (κ1) is 17.5. The first-order valence-corrected chi connectivity index (χ1v) is 8.52. The molecule has 0 aliphatic rings. The molecule has 8 nitrogen and oxygen atoms in total. The Morgan fingerprint density at radius 1 is 1.23 bits per heavy atom. The molecule has 0 spiro atoms. The third kappa shape index (κ3) is 3.83. The lowest BCUT2D eigenvalue weighted by Gasteiger charge is -2.15. The van der Waals surface area contributed by atoms with Crippen molar-refractivity contribution in [2.45, 2.75) is 12.5 Å². The number of nitrogens with zero attached hydrogens (tertiary/aromatic N) is 2. The summed E-state index contributed by atoms with van der Waals surface area (Å²) in [4.78, 5) is 43.2. The number of carbonyl (C=O) groups is 3. The first-order chi connectivity index (χ1) is 12.6. The molecule has 0 aliphatic carbocycles. The number of pyridine rings is 1. The van der Waals surface area contributed by atoms with Crippen LogP contribution in [0.1, 0.15) is 16.2 Å². The van der Waals surface area contributed by atoms with Crippen LogP contribution in [0, 0.1) is 0 Å². The van der Waals surface area contributed by atoms with Gasteiger partial charge in [-0.15, -0.1) is 0 Å². The molecule has 1 unspecified atom stereocenters. The molecule has 0 aliphatic heterocycles. The predicted molar refractivity (Wildman–Crippen MR) is 95.3 cm³/mol. The molecular weight excluding hydrogens is 354 g/mol. The van der Waals surface area contributed by atoms with Gasteiger partial charge in [-0.25, -0.2) is 0 Å². The zero-order valence-electron chi connectivity index (χ0n) is 13.5. The van der Waals surface area contributed by atoms with E-state index in [1.165, 1.54) is 0 Å². The Morgan fingerprint density at radius 2 is 2.08 bits per heavy atom. The third-order valence-corrected chi connectivity index (χ3v) is 4.31. The maximum absolute atomic E-state index is 12.7. The van der Waals surface area contributed by atoms with E-state index in [1.54, 1.807) is 48.1 Å².